The van der Waals surface area contributed by atoms with Gasteiger partial charge in [-0.3, -0.25) is 0 Å². The molecule has 0 aromatic heterocycles. The average Bonchev–Trinajstić information content (AvgIpc) is 2.78. The number of nitrogen functional groups attached to an aromatic ring is 1. The van der Waals surface area contributed by atoms with Gasteiger partial charge in [-0.1, -0.05) is 11.6 Å². The van der Waals surface area contributed by atoms with Gasteiger partial charge in [-0.05, 0) is 51.1 Å². The van der Waals surface area contributed by atoms with E-state index in [1.807, 2.05) is 7.05 Å². The van der Waals surface area contributed by atoms with E-state index in [1.165, 1.54) is 12.1 Å². The number of halogens is 1. The smallest absolute Gasteiger partial charge is 0.240 e. The van der Waals surface area contributed by atoms with E-state index >= 15 is 0 Å². The van der Waals surface area contributed by atoms with Crippen LogP contribution in [0.1, 0.15) is 18.4 Å². The van der Waals surface area contributed by atoms with Gasteiger partial charge in [-0.2, -0.15) is 0 Å². The molecule has 0 bridgehead atoms. The SMILES string of the molecule is Cc1c(N)cc(S(=O)(=O)NCC2CCCN2C)cc1Cl. The summed E-state index contributed by atoms with van der Waals surface area (Å²) in [5, 5.41) is 0.364. The number of likely N-dealkylation sites (tertiary alicyclic amines) is 1. The van der Waals surface area contributed by atoms with Crippen molar-refractivity contribution in [1.82, 2.24) is 9.62 Å². The highest BCUT2D eigenvalue weighted by atomic mass is 35.5. The summed E-state index contributed by atoms with van der Waals surface area (Å²) >= 11 is 6.00. The van der Waals surface area contributed by atoms with Gasteiger partial charge in [0.25, 0.3) is 0 Å². The molecular weight excluding hydrogens is 298 g/mol. The fourth-order valence-electron chi connectivity index (χ4n) is 2.36. The number of sulfonamides is 1. The topological polar surface area (TPSA) is 75.4 Å². The van der Waals surface area contributed by atoms with Crippen LogP contribution in [0.25, 0.3) is 0 Å². The molecule has 1 aliphatic rings. The first-order chi connectivity index (χ1) is 9.31. The van der Waals surface area contributed by atoms with Crippen LogP contribution in [0.15, 0.2) is 17.0 Å². The first kappa shape index (κ1) is 15.6. The molecule has 1 atom stereocenters. The van der Waals surface area contributed by atoms with Crippen molar-refractivity contribution in [3.8, 4) is 0 Å². The highest BCUT2D eigenvalue weighted by Crippen LogP contribution is 2.26. The summed E-state index contributed by atoms with van der Waals surface area (Å²) in [6.45, 7) is 3.18. The Morgan fingerprint density at radius 3 is 2.75 bits per heavy atom. The van der Waals surface area contributed by atoms with Crippen molar-refractivity contribution in [2.75, 3.05) is 25.9 Å². The van der Waals surface area contributed by atoms with Crippen molar-refractivity contribution < 1.29 is 8.42 Å². The zero-order valence-corrected chi connectivity index (χ0v) is 13.3. The minimum Gasteiger partial charge on any atom is -0.398 e. The van der Waals surface area contributed by atoms with Crippen molar-refractivity contribution in [3.63, 3.8) is 0 Å². The van der Waals surface area contributed by atoms with Gasteiger partial charge in [0.1, 0.15) is 0 Å². The van der Waals surface area contributed by atoms with Crippen molar-refractivity contribution in [1.29, 1.82) is 0 Å². The average molecular weight is 318 g/mol. The first-order valence-corrected chi connectivity index (χ1v) is 8.43. The van der Waals surface area contributed by atoms with Crippen molar-refractivity contribution in [2.24, 2.45) is 0 Å². The number of nitrogens with zero attached hydrogens (tertiary/aromatic N) is 1. The molecule has 0 spiro atoms. The molecule has 1 fully saturated rings. The molecule has 3 N–H and O–H groups in total. The number of likely N-dealkylation sites (N-methyl/N-ethyl adjacent to an activating group) is 1. The summed E-state index contributed by atoms with van der Waals surface area (Å²) in [5.74, 6) is 0. The minimum atomic E-state index is -3.57. The van der Waals surface area contributed by atoms with Crippen LogP contribution in [0, 0.1) is 6.92 Å². The van der Waals surface area contributed by atoms with Gasteiger partial charge >= 0.3 is 0 Å². The lowest BCUT2D eigenvalue weighted by Gasteiger charge is -2.19. The van der Waals surface area contributed by atoms with Crippen molar-refractivity contribution >= 4 is 27.3 Å². The molecule has 5 nitrogen and oxygen atoms in total. The Kier molecular flexibility index (Phi) is 4.59. The molecule has 112 valence electrons. The molecule has 0 aliphatic carbocycles. The summed E-state index contributed by atoms with van der Waals surface area (Å²) in [6.07, 6.45) is 2.11. The van der Waals surface area contributed by atoms with Crippen LogP contribution < -0.4 is 10.5 Å². The van der Waals surface area contributed by atoms with Crippen LogP contribution in [0.5, 0.6) is 0 Å². The van der Waals surface area contributed by atoms with Crippen molar-refractivity contribution in [3.05, 3.63) is 22.7 Å². The van der Waals surface area contributed by atoms with E-state index < -0.39 is 10.0 Å². The Balaban J connectivity index is 2.14. The van der Waals surface area contributed by atoms with Crippen LogP contribution >= 0.6 is 11.6 Å². The van der Waals surface area contributed by atoms with Gasteiger partial charge in [0, 0.05) is 23.3 Å². The summed E-state index contributed by atoms with van der Waals surface area (Å²) in [4.78, 5) is 2.28. The number of nitrogens with one attached hydrogen (secondary N) is 1. The summed E-state index contributed by atoms with van der Waals surface area (Å²) < 4.78 is 27.2. The third-order valence-electron chi connectivity index (χ3n) is 3.85. The number of rotatable bonds is 4. The standard InChI is InChI=1S/C13H20ClN3O2S/c1-9-12(14)6-11(7-13(9)15)20(18,19)16-8-10-4-3-5-17(10)2/h6-7,10,16H,3-5,8,15H2,1-2H3. The third-order valence-corrected chi connectivity index (χ3v) is 5.64. The van der Waals surface area contributed by atoms with Crippen LogP contribution in [0.3, 0.4) is 0 Å². The maximum atomic E-state index is 12.3. The van der Waals surface area contributed by atoms with Crippen molar-refractivity contribution in [2.45, 2.75) is 30.7 Å². The normalized spacial score (nSPS) is 20.4. The predicted molar refractivity (Wildman–Crippen MR) is 81.4 cm³/mol. The minimum absolute atomic E-state index is 0.117. The quantitative estimate of drug-likeness (QED) is 0.827. The van der Waals surface area contributed by atoms with Crippen LogP contribution in [-0.2, 0) is 10.0 Å². The number of anilines is 1. The Morgan fingerprint density at radius 1 is 1.50 bits per heavy atom. The second-order valence-corrected chi connectivity index (χ2v) is 7.42. The van der Waals surface area contributed by atoms with Crippen LogP contribution in [-0.4, -0.2) is 39.5 Å². The predicted octanol–water partition coefficient (Wildman–Crippen LogP) is 1.60. The number of hydrogen-bond acceptors (Lipinski definition) is 4. The third kappa shape index (κ3) is 3.25. The molecule has 1 aromatic carbocycles. The van der Waals surface area contributed by atoms with E-state index in [9.17, 15) is 8.42 Å². The Hall–Kier alpha value is -0.820. The van der Waals surface area contributed by atoms with Gasteiger partial charge in [-0.15, -0.1) is 0 Å². The molecule has 1 heterocycles. The number of benzene rings is 1. The fourth-order valence-corrected chi connectivity index (χ4v) is 3.78. The lowest BCUT2D eigenvalue weighted by Crippen LogP contribution is -2.38. The molecule has 1 aliphatic heterocycles. The monoisotopic (exact) mass is 317 g/mol. The Labute approximate surface area is 125 Å². The van der Waals surface area contributed by atoms with Crippen LogP contribution in [0.4, 0.5) is 5.69 Å². The van der Waals surface area contributed by atoms with E-state index in [4.69, 9.17) is 17.3 Å². The summed E-state index contributed by atoms with van der Waals surface area (Å²) in [7, 11) is -1.57. The molecule has 20 heavy (non-hydrogen) atoms. The molecule has 2 rings (SSSR count). The zero-order chi connectivity index (χ0) is 14.9. The second kappa shape index (κ2) is 5.89. The first-order valence-electron chi connectivity index (χ1n) is 6.57. The van der Waals surface area contributed by atoms with Gasteiger partial charge in [-0.25, -0.2) is 13.1 Å². The molecule has 0 amide bonds. The molecule has 0 saturated carbocycles. The number of nitrogens with two attached hydrogens (primary N) is 1. The van der Waals surface area contributed by atoms with E-state index in [0.29, 0.717) is 22.8 Å². The molecule has 1 unspecified atom stereocenters. The summed E-state index contributed by atoms with van der Waals surface area (Å²) in [5.41, 5.74) is 6.85. The van der Waals surface area contributed by atoms with Gasteiger partial charge in [0.2, 0.25) is 10.0 Å². The summed E-state index contributed by atoms with van der Waals surface area (Å²) in [6, 6.07) is 3.14. The lowest BCUT2D eigenvalue weighted by atomic mass is 10.2. The molecule has 7 heteroatoms. The van der Waals surface area contributed by atoms with Gasteiger partial charge < -0.3 is 10.6 Å². The highest BCUT2D eigenvalue weighted by Gasteiger charge is 2.24. The van der Waals surface area contributed by atoms with E-state index in [2.05, 4.69) is 9.62 Å². The zero-order valence-electron chi connectivity index (χ0n) is 11.7. The lowest BCUT2D eigenvalue weighted by molar-refractivity contribution is 0.311. The van der Waals surface area contributed by atoms with E-state index in [0.717, 1.165) is 19.4 Å². The Bertz CT molecular complexity index is 581. The largest absolute Gasteiger partial charge is 0.398 e. The van der Waals surface area contributed by atoms with Gasteiger partial charge in [0.15, 0.2) is 0 Å². The molecule has 1 aromatic rings. The van der Waals surface area contributed by atoms with E-state index in [-0.39, 0.29) is 10.9 Å². The second-order valence-electron chi connectivity index (χ2n) is 5.25. The molecule has 0 radical (unpaired) electrons. The molecular formula is C13H20ClN3O2S. The number of hydrogen-bond donors (Lipinski definition) is 2. The van der Waals surface area contributed by atoms with Gasteiger partial charge in [0.05, 0.1) is 4.90 Å². The van der Waals surface area contributed by atoms with Crippen LogP contribution in [0.2, 0.25) is 5.02 Å². The van der Waals surface area contributed by atoms with E-state index in [1.54, 1.807) is 6.92 Å². The molecule has 1 saturated heterocycles. The fraction of sp³-hybridized carbons (Fsp3) is 0.538. The maximum Gasteiger partial charge on any atom is 0.240 e. The Morgan fingerprint density at radius 2 is 2.20 bits per heavy atom. The maximum absolute atomic E-state index is 12.3. The highest BCUT2D eigenvalue weighted by molar-refractivity contribution is 7.89.